The summed E-state index contributed by atoms with van der Waals surface area (Å²) in [5.41, 5.74) is 0. The molecule has 18 heavy (non-hydrogen) atoms. The molecule has 1 aromatic rings. The molecule has 1 heterocycles. The lowest BCUT2D eigenvalue weighted by atomic mass is 9.94. The maximum atomic E-state index is 12.3. The van der Waals surface area contributed by atoms with E-state index in [-0.39, 0.29) is 11.8 Å². The molecule has 98 valence electrons. The van der Waals surface area contributed by atoms with Crippen LogP contribution >= 0.6 is 0 Å². The van der Waals surface area contributed by atoms with Gasteiger partial charge in [0.2, 0.25) is 5.91 Å². The van der Waals surface area contributed by atoms with Crippen molar-refractivity contribution in [3.8, 4) is 0 Å². The quantitative estimate of drug-likeness (QED) is 0.600. The molecule has 0 fully saturated rings. The van der Waals surface area contributed by atoms with Crippen LogP contribution in [0.5, 0.6) is 0 Å². The van der Waals surface area contributed by atoms with Crippen molar-refractivity contribution < 1.29 is 14.3 Å². The third-order valence-electron chi connectivity index (χ3n) is 2.71. The summed E-state index contributed by atoms with van der Waals surface area (Å²) in [6, 6.07) is 5.27. The molecule has 0 aliphatic rings. The topological polar surface area (TPSA) is 59.5 Å². The molecule has 0 spiro atoms. The molecule has 0 saturated heterocycles. The fourth-order valence-electron chi connectivity index (χ4n) is 1.66. The zero-order chi connectivity index (χ0) is 13.7. The van der Waals surface area contributed by atoms with Gasteiger partial charge in [0.25, 0.3) is 0 Å². The van der Waals surface area contributed by atoms with Crippen LogP contribution in [0.2, 0.25) is 0 Å². The number of esters is 1. The number of nitrogens with zero attached hydrogens (tertiary/aromatic N) is 2. The summed E-state index contributed by atoms with van der Waals surface area (Å²) in [5, 5.41) is 0. The molecule has 1 aromatic heterocycles. The predicted molar refractivity (Wildman–Crippen MR) is 68.0 cm³/mol. The van der Waals surface area contributed by atoms with Crippen molar-refractivity contribution in [1.29, 1.82) is 0 Å². The maximum absolute atomic E-state index is 12.3. The van der Waals surface area contributed by atoms with Gasteiger partial charge in [-0.3, -0.25) is 14.5 Å². The molecule has 0 radical (unpaired) electrons. The number of pyridine rings is 1. The number of methoxy groups -OCH3 is 1. The lowest BCUT2D eigenvalue weighted by Crippen LogP contribution is -2.40. The van der Waals surface area contributed by atoms with Gasteiger partial charge in [-0.2, -0.15) is 0 Å². The Labute approximate surface area is 107 Å². The molecular formula is C13H18N2O3. The van der Waals surface area contributed by atoms with Crippen molar-refractivity contribution >= 4 is 17.7 Å². The molecule has 1 unspecified atom stereocenters. The number of rotatable bonds is 4. The molecule has 1 atom stereocenters. The first kappa shape index (κ1) is 14.2. The molecule has 0 saturated carbocycles. The van der Waals surface area contributed by atoms with E-state index in [0.29, 0.717) is 5.82 Å². The molecular weight excluding hydrogens is 232 g/mol. The molecule has 5 nitrogen and oxygen atoms in total. The standard InChI is InChI=1S/C13H18N2O3/c1-9(2)11(13(17)18-4)12(16)15(3)10-7-5-6-8-14-10/h5-9,11H,1-4H3. The fraction of sp³-hybridized carbons (Fsp3) is 0.462. The Balaban J connectivity index is 2.94. The molecule has 0 aliphatic carbocycles. The molecule has 0 aromatic carbocycles. The highest BCUT2D eigenvalue weighted by atomic mass is 16.5. The zero-order valence-corrected chi connectivity index (χ0v) is 11.1. The van der Waals surface area contributed by atoms with Gasteiger partial charge in [0.1, 0.15) is 11.7 Å². The number of anilines is 1. The van der Waals surface area contributed by atoms with E-state index in [0.717, 1.165) is 0 Å². The van der Waals surface area contributed by atoms with E-state index < -0.39 is 11.9 Å². The summed E-state index contributed by atoms with van der Waals surface area (Å²) >= 11 is 0. The van der Waals surface area contributed by atoms with Gasteiger partial charge in [-0.1, -0.05) is 19.9 Å². The van der Waals surface area contributed by atoms with E-state index in [2.05, 4.69) is 9.72 Å². The van der Waals surface area contributed by atoms with Crippen LogP contribution < -0.4 is 4.90 Å². The van der Waals surface area contributed by atoms with E-state index in [1.807, 2.05) is 13.8 Å². The van der Waals surface area contributed by atoms with Gasteiger partial charge in [0, 0.05) is 13.2 Å². The van der Waals surface area contributed by atoms with Crippen LogP contribution in [-0.4, -0.2) is 31.0 Å². The number of carbonyl (C=O) groups excluding carboxylic acids is 2. The second kappa shape index (κ2) is 6.14. The second-order valence-electron chi connectivity index (χ2n) is 4.33. The second-order valence-corrected chi connectivity index (χ2v) is 4.33. The van der Waals surface area contributed by atoms with Crippen LogP contribution in [0.4, 0.5) is 5.82 Å². The van der Waals surface area contributed by atoms with E-state index in [9.17, 15) is 9.59 Å². The first-order valence-corrected chi connectivity index (χ1v) is 5.75. The molecule has 0 bridgehead atoms. The Kier molecular flexibility index (Phi) is 4.83. The Hall–Kier alpha value is -1.91. The Morgan fingerprint density at radius 1 is 1.33 bits per heavy atom. The number of hydrogen-bond donors (Lipinski definition) is 0. The van der Waals surface area contributed by atoms with Crippen molar-refractivity contribution in [2.45, 2.75) is 13.8 Å². The summed E-state index contributed by atoms with van der Waals surface area (Å²) in [7, 11) is 2.88. The average Bonchev–Trinajstić information content (AvgIpc) is 2.38. The summed E-state index contributed by atoms with van der Waals surface area (Å²) in [6.45, 7) is 3.62. The van der Waals surface area contributed by atoms with Gasteiger partial charge in [0.05, 0.1) is 7.11 Å². The average molecular weight is 250 g/mol. The highest BCUT2D eigenvalue weighted by Crippen LogP contribution is 2.18. The predicted octanol–water partition coefficient (Wildman–Crippen LogP) is 1.49. The molecule has 0 N–H and O–H groups in total. The minimum absolute atomic E-state index is 0.129. The minimum Gasteiger partial charge on any atom is -0.468 e. The summed E-state index contributed by atoms with van der Waals surface area (Å²) in [5.74, 6) is -1.25. The lowest BCUT2D eigenvalue weighted by molar-refractivity contribution is -0.151. The Morgan fingerprint density at radius 2 is 2.00 bits per heavy atom. The highest BCUT2D eigenvalue weighted by Gasteiger charge is 2.33. The SMILES string of the molecule is COC(=O)C(C(=O)N(C)c1ccccn1)C(C)C. The third kappa shape index (κ3) is 3.06. The minimum atomic E-state index is -0.804. The van der Waals surface area contributed by atoms with Crippen molar-refractivity contribution in [3.63, 3.8) is 0 Å². The Morgan fingerprint density at radius 3 is 2.44 bits per heavy atom. The van der Waals surface area contributed by atoms with Crippen LogP contribution in [0.3, 0.4) is 0 Å². The maximum Gasteiger partial charge on any atom is 0.318 e. The highest BCUT2D eigenvalue weighted by molar-refractivity contribution is 6.05. The van der Waals surface area contributed by atoms with Gasteiger partial charge < -0.3 is 4.74 Å². The smallest absolute Gasteiger partial charge is 0.318 e. The Bertz CT molecular complexity index is 418. The van der Waals surface area contributed by atoms with Crippen LogP contribution in [-0.2, 0) is 14.3 Å². The van der Waals surface area contributed by atoms with Crippen molar-refractivity contribution in [2.75, 3.05) is 19.1 Å². The first-order chi connectivity index (χ1) is 8.49. The number of carbonyl (C=O) groups is 2. The number of hydrogen-bond acceptors (Lipinski definition) is 4. The number of aromatic nitrogens is 1. The van der Waals surface area contributed by atoms with Crippen molar-refractivity contribution in [1.82, 2.24) is 4.98 Å². The summed E-state index contributed by atoms with van der Waals surface area (Å²) in [6.07, 6.45) is 1.60. The van der Waals surface area contributed by atoms with Crippen LogP contribution in [0.25, 0.3) is 0 Å². The summed E-state index contributed by atoms with van der Waals surface area (Å²) < 4.78 is 4.67. The van der Waals surface area contributed by atoms with Crippen LogP contribution in [0.15, 0.2) is 24.4 Å². The van der Waals surface area contributed by atoms with Crippen LogP contribution in [0, 0.1) is 11.8 Å². The lowest BCUT2D eigenvalue weighted by Gasteiger charge is -2.23. The van der Waals surface area contributed by atoms with E-state index in [1.54, 1.807) is 31.4 Å². The zero-order valence-electron chi connectivity index (χ0n) is 11.1. The summed E-state index contributed by atoms with van der Waals surface area (Å²) in [4.78, 5) is 29.4. The van der Waals surface area contributed by atoms with E-state index >= 15 is 0 Å². The van der Waals surface area contributed by atoms with Gasteiger partial charge in [-0.25, -0.2) is 4.98 Å². The van der Waals surface area contributed by atoms with Gasteiger partial charge in [0.15, 0.2) is 0 Å². The van der Waals surface area contributed by atoms with E-state index in [4.69, 9.17) is 0 Å². The molecule has 5 heteroatoms. The monoisotopic (exact) mass is 250 g/mol. The van der Waals surface area contributed by atoms with E-state index in [1.165, 1.54) is 12.0 Å². The largest absolute Gasteiger partial charge is 0.468 e. The van der Waals surface area contributed by atoms with Gasteiger partial charge >= 0.3 is 5.97 Å². The van der Waals surface area contributed by atoms with Gasteiger partial charge in [-0.05, 0) is 18.1 Å². The van der Waals surface area contributed by atoms with Crippen LogP contribution in [0.1, 0.15) is 13.8 Å². The van der Waals surface area contributed by atoms with Crippen molar-refractivity contribution in [2.24, 2.45) is 11.8 Å². The normalized spacial score (nSPS) is 12.1. The number of ether oxygens (including phenoxy) is 1. The van der Waals surface area contributed by atoms with Gasteiger partial charge in [-0.15, -0.1) is 0 Å². The fourth-order valence-corrected chi connectivity index (χ4v) is 1.66. The number of amides is 1. The molecule has 1 rings (SSSR count). The first-order valence-electron chi connectivity index (χ1n) is 5.75. The molecule has 1 amide bonds. The molecule has 0 aliphatic heterocycles. The third-order valence-corrected chi connectivity index (χ3v) is 2.71. The van der Waals surface area contributed by atoms with Crippen molar-refractivity contribution in [3.05, 3.63) is 24.4 Å².